The Kier molecular flexibility index (Phi) is 4.43. The van der Waals surface area contributed by atoms with Crippen LogP contribution in [0.25, 0.3) is 11.0 Å². The number of furan rings is 1. The standard InChI is InChI=1S/C17H17BrO5/c1-3-21-17(20)15-13(8-22-16(19)11-6-9(11)2)12-7-10(18)4-5-14(12)23-15/h4-5,7,9,11H,3,6,8H2,1-2H3/t9-,11+/m0/s1. The molecule has 0 spiro atoms. The average molecular weight is 381 g/mol. The molecule has 0 unspecified atom stereocenters. The van der Waals surface area contributed by atoms with Crippen molar-refractivity contribution < 1.29 is 23.5 Å². The summed E-state index contributed by atoms with van der Waals surface area (Å²) in [6, 6.07) is 5.42. The number of rotatable bonds is 5. The van der Waals surface area contributed by atoms with E-state index in [4.69, 9.17) is 13.9 Å². The molecule has 0 bridgehead atoms. The van der Waals surface area contributed by atoms with Crippen LogP contribution in [0.3, 0.4) is 0 Å². The van der Waals surface area contributed by atoms with Crippen molar-refractivity contribution in [3.05, 3.63) is 34.0 Å². The average Bonchev–Trinajstić information content (AvgIpc) is 3.14. The molecule has 0 saturated heterocycles. The molecule has 0 radical (unpaired) electrons. The van der Waals surface area contributed by atoms with E-state index in [9.17, 15) is 9.59 Å². The molecule has 1 heterocycles. The minimum atomic E-state index is -0.550. The number of carbonyl (C=O) groups is 2. The lowest BCUT2D eigenvalue weighted by Gasteiger charge is -2.05. The smallest absolute Gasteiger partial charge is 0.374 e. The summed E-state index contributed by atoms with van der Waals surface area (Å²) >= 11 is 3.40. The van der Waals surface area contributed by atoms with Gasteiger partial charge < -0.3 is 13.9 Å². The minimum absolute atomic E-state index is 0.000343. The Morgan fingerprint density at radius 3 is 2.74 bits per heavy atom. The van der Waals surface area contributed by atoms with Gasteiger partial charge in [0, 0.05) is 9.86 Å². The lowest BCUT2D eigenvalue weighted by molar-refractivity contribution is -0.146. The molecule has 1 aromatic heterocycles. The fourth-order valence-electron chi connectivity index (χ4n) is 2.53. The number of esters is 2. The van der Waals surface area contributed by atoms with Gasteiger partial charge in [-0.15, -0.1) is 0 Å². The number of hydrogen-bond acceptors (Lipinski definition) is 5. The van der Waals surface area contributed by atoms with Crippen LogP contribution in [0.1, 0.15) is 36.4 Å². The molecule has 5 nitrogen and oxygen atoms in total. The summed E-state index contributed by atoms with van der Waals surface area (Å²) in [5.74, 6) is -0.327. The highest BCUT2D eigenvalue weighted by Crippen LogP contribution is 2.39. The van der Waals surface area contributed by atoms with Crippen molar-refractivity contribution in [2.75, 3.05) is 6.61 Å². The van der Waals surface area contributed by atoms with Crippen LogP contribution >= 0.6 is 15.9 Å². The van der Waals surface area contributed by atoms with Crippen LogP contribution < -0.4 is 0 Å². The predicted octanol–water partition coefficient (Wildman–Crippen LogP) is 4.07. The molecule has 0 aliphatic heterocycles. The number of ether oxygens (including phenoxy) is 2. The zero-order chi connectivity index (χ0) is 16.6. The molecule has 1 fully saturated rings. The summed E-state index contributed by atoms with van der Waals surface area (Å²) < 4.78 is 16.9. The molecule has 3 rings (SSSR count). The Bertz CT molecular complexity index is 764. The van der Waals surface area contributed by atoms with Crippen LogP contribution in [0, 0.1) is 11.8 Å². The van der Waals surface area contributed by atoms with E-state index in [-0.39, 0.29) is 30.9 Å². The van der Waals surface area contributed by atoms with Gasteiger partial charge in [-0.1, -0.05) is 22.9 Å². The van der Waals surface area contributed by atoms with E-state index in [1.54, 1.807) is 13.0 Å². The van der Waals surface area contributed by atoms with E-state index in [2.05, 4.69) is 15.9 Å². The van der Waals surface area contributed by atoms with Gasteiger partial charge in [-0.25, -0.2) is 4.79 Å². The molecule has 0 N–H and O–H groups in total. The van der Waals surface area contributed by atoms with Crippen LogP contribution in [0.2, 0.25) is 0 Å². The second kappa shape index (κ2) is 6.35. The quantitative estimate of drug-likeness (QED) is 0.731. The SMILES string of the molecule is CCOC(=O)c1oc2ccc(Br)cc2c1COC(=O)[C@@H]1C[C@@H]1C. The van der Waals surface area contributed by atoms with E-state index in [0.29, 0.717) is 17.1 Å². The normalized spacial score (nSPS) is 19.6. The van der Waals surface area contributed by atoms with E-state index in [0.717, 1.165) is 16.3 Å². The third kappa shape index (κ3) is 3.27. The molecule has 1 aromatic carbocycles. The fourth-order valence-corrected chi connectivity index (χ4v) is 2.89. The van der Waals surface area contributed by atoms with Crippen molar-refractivity contribution >= 4 is 38.8 Å². The van der Waals surface area contributed by atoms with Gasteiger partial charge in [0.2, 0.25) is 5.76 Å². The van der Waals surface area contributed by atoms with Gasteiger partial charge >= 0.3 is 11.9 Å². The van der Waals surface area contributed by atoms with Crippen LogP contribution in [-0.4, -0.2) is 18.5 Å². The van der Waals surface area contributed by atoms with Crippen LogP contribution in [0.4, 0.5) is 0 Å². The highest BCUT2D eigenvalue weighted by atomic mass is 79.9. The maximum absolute atomic E-state index is 12.1. The van der Waals surface area contributed by atoms with Crippen molar-refractivity contribution in [2.24, 2.45) is 11.8 Å². The third-order valence-electron chi connectivity index (χ3n) is 3.98. The Morgan fingerprint density at radius 2 is 2.09 bits per heavy atom. The maximum atomic E-state index is 12.1. The molecule has 122 valence electrons. The molecular formula is C17H17BrO5. The van der Waals surface area contributed by atoms with Crippen molar-refractivity contribution in [1.82, 2.24) is 0 Å². The third-order valence-corrected chi connectivity index (χ3v) is 4.48. The molecular weight excluding hydrogens is 364 g/mol. The van der Waals surface area contributed by atoms with Gasteiger partial charge in [0.05, 0.1) is 18.1 Å². The van der Waals surface area contributed by atoms with Crippen LogP contribution in [-0.2, 0) is 20.9 Å². The minimum Gasteiger partial charge on any atom is -0.460 e. The van der Waals surface area contributed by atoms with Crippen LogP contribution in [0.15, 0.2) is 27.1 Å². The van der Waals surface area contributed by atoms with Crippen molar-refractivity contribution in [3.63, 3.8) is 0 Å². The fraction of sp³-hybridized carbons (Fsp3) is 0.412. The summed E-state index contributed by atoms with van der Waals surface area (Å²) in [7, 11) is 0. The van der Waals surface area contributed by atoms with Crippen LogP contribution in [0.5, 0.6) is 0 Å². The molecule has 2 aromatic rings. The summed E-state index contributed by atoms with van der Waals surface area (Å²) in [6.45, 7) is 3.99. The summed E-state index contributed by atoms with van der Waals surface area (Å²) in [4.78, 5) is 24.0. The van der Waals surface area contributed by atoms with Gasteiger partial charge in [-0.2, -0.15) is 0 Å². The molecule has 1 saturated carbocycles. The topological polar surface area (TPSA) is 65.7 Å². The molecule has 2 atom stereocenters. The van der Waals surface area contributed by atoms with Gasteiger partial charge in [0.15, 0.2) is 0 Å². The first-order chi connectivity index (χ1) is 11.0. The summed E-state index contributed by atoms with van der Waals surface area (Å²) in [5.41, 5.74) is 1.10. The number of carbonyl (C=O) groups excluding carboxylic acids is 2. The van der Waals surface area contributed by atoms with Gasteiger partial charge in [-0.05, 0) is 37.5 Å². The summed E-state index contributed by atoms with van der Waals surface area (Å²) in [5, 5.41) is 0.735. The Balaban J connectivity index is 1.91. The Labute approximate surface area is 142 Å². The van der Waals surface area contributed by atoms with Crippen molar-refractivity contribution in [2.45, 2.75) is 26.9 Å². The number of hydrogen-bond donors (Lipinski definition) is 0. The van der Waals surface area contributed by atoms with Gasteiger partial charge in [-0.3, -0.25) is 4.79 Å². The van der Waals surface area contributed by atoms with Crippen molar-refractivity contribution in [1.29, 1.82) is 0 Å². The second-order valence-corrected chi connectivity index (χ2v) is 6.61. The molecule has 1 aliphatic rings. The Hall–Kier alpha value is -1.82. The number of fused-ring (bicyclic) bond motifs is 1. The first-order valence-corrected chi connectivity index (χ1v) is 8.35. The lowest BCUT2D eigenvalue weighted by Crippen LogP contribution is -2.11. The van der Waals surface area contributed by atoms with Crippen molar-refractivity contribution in [3.8, 4) is 0 Å². The molecule has 1 aliphatic carbocycles. The van der Waals surface area contributed by atoms with Gasteiger partial charge in [0.1, 0.15) is 12.2 Å². The lowest BCUT2D eigenvalue weighted by atomic mass is 10.1. The maximum Gasteiger partial charge on any atom is 0.374 e. The van der Waals surface area contributed by atoms with Gasteiger partial charge in [0.25, 0.3) is 0 Å². The predicted molar refractivity (Wildman–Crippen MR) is 86.9 cm³/mol. The highest BCUT2D eigenvalue weighted by molar-refractivity contribution is 9.10. The zero-order valence-electron chi connectivity index (χ0n) is 12.9. The second-order valence-electron chi connectivity index (χ2n) is 5.70. The Morgan fingerprint density at radius 1 is 1.35 bits per heavy atom. The largest absolute Gasteiger partial charge is 0.460 e. The monoisotopic (exact) mass is 380 g/mol. The molecule has 0 amide bonds. The summed E-state index contributed by atoms with van der Waals surface area (Å²) in [6.07, 6.45) is 0.862. The molecule has 6 heteroatoms. The van der Waals surface area contributed by atoms with E-state index in [1.165, 1.54) is 0 Å². The number of benzene rings is 1. The highest BCUT2D eigenvalue weighted by Gasteiger charge is 2.40. The zero-order valence-corrected chi connectivity index (χ0v) is 14.5. The first kappa shape index (κ1) is 16.1. The van der Waals surface area contributed by atoms with E-state index < -0.39 is 5.97 Å². The first-order valence-electron chi connectivity index (χ1n) is 7.56. The number of halogens is 1. The van der Waals surface area contributed by atoms with E-state index in [1.807, 2.05) is 19.1 Å². The molecule has 23 heavy (non-hydrogen) atoms. The van der Waals surface area contributed by atoms with E-state index >= 15 is 0 Å².